The maximum Gasteiger partial charge on any atom is 0.563 e. The van der Waals surface area contributed by atoms with Crippen molar-refractivity contribution in [2.24, 2.45) is 0 Å². The summed E-state index contributed by atoms with van der Waals surface area (Å²) in [5.41, 5.74) is -6.47. The van der Waals surface area contributed by atoms with Gasteiger partial charge >= 0.3 is 7.12 Å². The summed E-state index contributed by atoms with van der Waals surface area (Å²) < 4.78 is 173. The number of fused-ring (bicyclic) bond motifs is 1. The van der Waals surface area contributed by atoms with Crippen LogP contribution in [-0.4, -0.2) is 12.1 Å². The summed E-state index contributed by atoms with van der Waals surface area (Å²) in [6, 6.07) is 1.79. The zero-order valence-electron chi connectivity index (χ0n) is 17.3. The van der Waals surface area contributed by atoms with Crippen LogP contribution in [0.15, 0.2) is 24.3 Å². The summed E-state index contributed by atoms with van der Waals surface area (Å²) in [5, 5.41) is 8.65. The third kappa shape index (κ3) is 4.02. The molecule has 0 unspecified atom stereocenters. The SMILES string of the molecule is OB(Oc1ccc(F)c2c(F)cc(F)cc12)c1c(F)c(F)c(F)c(F)c1-c1c(F)c(F)c(F)c(F)c1F. The Balaban J connectivity index is 2.01. The minimum absolute atomic E-state index is 0.247. The Hall–Kier alpha value is -3.88. The summed E-state index contributed by atoms with van der Waals surface area (Å²) in [6.07, 6.45) is 0. The Morgan fingerprint density at radius 1 is 0.541 bits per heavy atom. The zero-order chi connectivity index (χ0) is 27.5. The van der Waals surface area contributed by atoms with Crippen LogP contribution in [0, 0.1) is 69.8 Å². The summed E-state index contributed by atoms with van der Waals surface area (Å²) in [4.78, 5) is 0. The summed E-state index contributed by atoms with van der Waals surface area (Å²) >= 11 is 0. The normalized spacial score (nSPS) is 11.4. The molecule has 2 nitrogen and oxygen atoms in total. The van der Waals surface area contributed by atoms with Crippen LogP contribution in [0.25, 0.3) is 21.9 Å². The first-order chi connectivity index (χ1) is 17.3. The number of rotatable bonds is 4. The van der Waals surface area contributed by atoms with E-state index in [0.29, 0.717) is 18.2 Å². The molecule has 15 heteroatoms. The highest BCUT2D eigenvalue weighted by atomic mass is 19.2. The topological polar surface area (TPSA) is 29.5 Å². The van der Waals surface area contributed by atoms with Crippen LogP contribution < -0.4 is 10.1 Å². The summed E-state index contributed by atoms with van der Waals surface area (Å²) in [7, 11) is -3.16. The molecule has 192 valence electrons. The third-order valence-electron chi connectivity index (χ3n) is 5.19. The second-order valence-electron chi connectivity index (χ2n) is 7.32. The number of hydrogen-bond acceptors (Lipinski definition) is 2. The maximum absolute atomic E-state index is 14.7. The fourth-order valence-corrected chi connectivity index (χ4v) is 3.56. The van der Waals surface area contributed by atoms with Crippen molar-refractivity contribution in [3.63, 3.8) is 0 Å². The number of hydrogen-bond donors (Lipinski definition) is 1. The molecule has 37 heavy (non-hydrogen) atoms. The van der Waals surface area contributed by atoms with Gasteiger partial charge in [-0.25, -0.2) is 52.7 Å². The highest BCUT2D eigenvalue weighted by Crippen LogP contribution is 2.36. The molecular weight excluding hydrogens is 535 g/mol. The Kier molecular flexibility index (Phi) is 6.52. The lowest BCUT2D eigenvalue weighted by Crippen LogP contribution is -2.42. The van der Waals surface area contributed by atoms with E-state index in [4.69, 9.17) is 4.65 Å². The van der Waals surface area contributed by atoms with Gasteiger partial charge in [0.15, 0.2) is 46.5 Å². The predicted molar refractivity (Wildman–Crippen MR) is 104 cm³/mol. The van der Waals surface area contributed by atoms with Crippen LogP contribution in [-0.2, 0) is 0 Å². The van der Waals surface area contributed by atoms with E-state index in [-0.39, 0.29) is 6.07 Å². The predicted octanol–water partition coefficient (Wildman–Crippen LogP) is 5.94. The average Bonchev–Trinajstić information content (AvgIpc) is 2.84. The maximum atomic E-state index is 14.7. The molecule has 0 aliphatic carbocycles. The fraction of sp³-hybridized carbons (Fsp3) is 0. The first kappa shape index (κ1) is 26.2. The Morgan fingerprint density at radius 2 is 1.03 bits per heavy atom. The van der Waals surface area contributed by atoms with Gasteiger partial charge in [-0.15, -0.1) is 0 Å². The monoisotopic (exact) mass is 540 g/mol. The summed E-state index contributed by atoms with van der Waals surface area (Å²) in [6.45, 7) is 0. The van der Waals surface area contributed by atoms with Gasteiger partial charge in [-0.05, 0) is 18.2 Å². The molecule has 1 N–H and O–H groups in total. The van der Waals surface area contributed by atoms with Gasteiger partial charge in [0.25, 0.3) is 0 Å². The molecule has 0 saturated carbocycles. The quantitative estimate of drug-likeness (QED) is 0.150. The molecule has 0 aliphatic rings. The Labute approximate surface area is 197 Å². The van der Waals surface area contributed by atoms with Gasteiger partial charge in [-0.2, -0.15) is 0 Å². The molecule has 0 bridgehead atoms. The van der Waals surface area contributed by atoms with Crippen molar-refractivity contribution in [2.45, 2.75) is 0 Å². The first-order valence-corrected chi connectivity index (χ1v) is 9.57. The Bertz CT molecular complexity index is 1580. The van der Waals surface area contributed by atoms with Gasteiger partial charge in [0.05, 0.1) is 10.9 Å². The van der Waals surface area contributed by atoms with E-state index in [1.54, 1.807) is 0 Å². The largest absolute Gasteiger partial charge is 0.563 e. The van der Waals surface area contributed by atoms with Crippen molar-refractivity contribution in [1.29, 1.82) is 0 Å². The van der Waals surface area contributed by atoms with Crippen LogP contribution in [0.3, 0.4) is 0 Å². The van der Waals surface area contributed by atoms with Gasteiger partial charge in [0.1, 0.15) is 23.2 Å². The molecule has 0 saturated heterocycles. The molecule has 4 rings (SSSR count). The van der Waals surface area contributed by atoms with Crippen LogP contribution in [0.4, 0.5) is 52.7 Å². The molecule has 0 amide bonds. The second-order valence-corrected chi connectivity index (χ2v) is 7.32. The molecule has 4 aromatic rings. The number of benzene rings is 4. The molecule has 0 atom stereocenters. The van der Waals surface area contributed by atoms with Gasteiger partial charge in [-0.3, -0.25) is 0 Å². The molecular formula is C22H5BF12O2. The minimum Gasteiger partial charge on any atom is -0.532 e. The molecule has 0 spiro atoms. The van der Waals surface area contributed by atoms with Crippen molar-refractivity contribution in [3.8, 4) is 16.9 Å². The van der Waals surface area contributed by atoms with Crippen molar-refractivity contribution in [2.75, 3.05) is 0 Å². The molecule has 0 aromatic heterocycles. The van der Waals surface area contributed by atoms with Crippen molar-refractivity contribution in [1.82, 2.24) is 0 Å². The van der Waals surface area contributed by atoms with Crippen LogP contribution in [0.1, 0.15) is 0 Å². The fourth-order valence-electron chi connectivity index (χ4n) is 3.56. The van der Waals surface area contributed by atoms with Gasteiger partial charge in [0.2, 0.25) is 5.82 Å². The lowest BCUT2D eigenvalue weighted by molar-refractivity contribution is 0.379. The van der Waals surface area contributed by atoms with Crippen LogP contribution >= 0.6 is 0 Å². The highest BCUT2D eigenvalue weighted by Gasteiger charge is 2.39. The molecule has 0 heterocycles. The lowest BCUT2D eigenvalue weighted by atomic mass is 9.73. The standard InChI is InChI=1S/C22H5BF12O2/c24-5-3-6-9(2-1-7(25)10(6)8(26)4-5)37-23(36)13-11(14(27)18(31)21(34)17(13)30)12-15(28)19(32)22(35)20(33)16(12)29/h1-4,36H. The molecule has 4 aromatic carbocycles. The second kappa shape index (κ2) is 9.21. The van der Waals surface area contributed by atoms with Gasteiger partial charge < -0.3 is 9.68 Å². The number of halogens is 12. The van der Waals surface area contributed by atoms with Gasteiger partial charge in [0, 0.05) is 22.5 Å². The van der Waals surface area contributed by atoms with Crippen molar-refractivity contribution >= 4 is 23.4 Å². The van der Waals surface area contributed by atoms with Crippen molar-refractivity contribution in [3.05, 3.63) is 94.1 Å². The van der Waals surface area contributed by atoms with Crippen LogP contribution in [0.2, 0.25) is 0 Å². The van der Waals surface area contributed by atoms with E-state index in [1.807, 2.05) is 0 Å². The van der Waals surface area contributed by atoms with Crippen LogP contribution in [0.5, 0.6) is 5.75 Å². The van der Waals surface area contributed by atoms with E-state index in [2.05, 4.69) is 0 Å². The Morgan fingerprint density at radius 3 is 1.59 bits per heavy atom. The lowest BCUT2D eigenvalue weighted by Gasteiger charge is -2.19. The highest BCUT2D eigenvalue weighted by molar-refractivity contribution is 6.62. The zero-order valence-corrected chi connectivity index (χ0v) is 17.3. The smallest absolute Gasteiger partial charge is 0.532 e. The van der Waals surface area contributed by atoms with E-state index in [1.165, 1.54) is 0 Å². The van der Waals surface area contributed by atoms with E-state index in [9.17, 15) is 57.7 Å². The molecule has 0 fully saturated rings. The molecule has 0 radical (unpaired) electrons. The molecule has 0 aliphatic heterocycles. The van der Waals surface area contributed by atoms with E-state index >= 15 is 0 Å². The van der Waals surface area contributed by atoms with Crippen molar-refractivity contribution < 1.29 is 62.4 Å². The van der Waals surface area contributed by atoms with E-state index < -0.39 is 110 Å². The third-order valence-corrected chi connectivity index (χ3v) is 5.19. The van der Waals surface area contributed by atoms with E-state index in [0.717, 1.165) is 0 Å². The van der Waals surface area contributed by atoms with Gasteiger partial charge in [-0.1, -0.05) is 0 Å². The first-order valence-electron chi connectivity index (χ1n) is 9.57. The summed E-state index contributed by atoms with van der Waals surface area (Å²) in [5.74, 6) is -29.5. The average molecular weight is 540 g/mol. The minimum atomic E-state index is -3.16.